The quantitative estimate of drug-likeness (QED) is 0.553. The van der Waals surface area contributed by atoms with Crippen LogP contribution in [0.5, 0.6) is 5.75 Å². The van der Waals surface area contributed by atoms with Gasteiger partial charge in [0.1, 0.15) is 23.7 Å². The highest BCUT2D eigenvalue weighted by molar-refractivity contribution is 5.96. The minimum absolute atomic E-state index is 0. The topological polar surface area (TPSA) is 25.6 Å². The van der Waals surface area contributed by atoms with Crippen LogP contribution in [0.25, 0.3) is 22.1 Å². The van der Waals surface area contributed by atoms with Gasteiger partial charge in [-0.05, 0) is 43.8 Å². The molecule has 3 rings (SSSR count). The van der Waals surface area contributed by atoms with E-state index in [-0.39, 0.29) is 12.4 Å². The number of hydrogen-bond acceptors (Lipinski definition) is 3. The molecule has 0 radical (unpaired) electrons. The number of likely N-dealkylation sites (N-methyl/N-ethyl adjacent to an activating group) is 1. The van der Waals surface area contributed by atoms with Crippen molar-refractivity contribution < 1.29 is 9.15 Å². The van der Waals surface area contributed by atoms with Crippen LogP contribution in [-0.2, 0) is 0 Å². The summed E-state index contributed by atoms with van der Waals surface area (Å²) in [6.07, 6.45) is 0. The van der Waals surface area contributed by atoms with Gasteiger partial charge in [-0.1, -0.05) is 44.2 Å². The number of benzene rings is 2. The molecule has 0 saturated heterocycles. The third-order valence-corrected chi connectivity index (χ3v) is 4.47. The lowest BCUT2D eigenvalue weighted by Gasteiger charge is -2.18. The van der Waals surface area contributed by atoms with E-state index < -0.39 is 0 Å². The standard InChI is InChI=1S/C21H25NO2.ClH/c1-4-22(5-2)13-14-23-18-11-12-20-19(15-18)21(16(3)24-20)17-9-7-6-8-10-17;/h6-12,15H,4-5,13-14H2,1-3H3;1H. The Kier molecular flexibility index (Phi) is 6.91. The molecule has 0 amide bonds. The predicted octanol–water partition coefficient (Wildman–Crippen LogP) is 5.55. The summed E-state index contributed by atoms with van der Waals surface area (Å²) in [7, 11) is 0. The molecule has 3 aromatic rings. The Morgan fingerprint density at radius 1 is 1.00 bits per heavy atom. The van der Waals surface area contributed by atoms with Crippen molar-refractivity contribution in [3.63, 3.8) is 0 Å². The summed E-state index contributed by atoms with van der Waals surface area (Å²) < 4.78 is 11.9. The lowest BCUT2D eigenvalue weighted by Crippen LogP contribution is -2.27. The SMILES string of the molecule is CCN(CC)CCOc1ccc2oc(C)c(-c3ccccc3)c2c1.Cl. The fraction of sp³-hybridized carbons (Fsp3) is 0.333. The van der Waals surface area contributed by atoms with Crippen molar-refractivity contribution in [2.45, 2.75) is 20.8 Å². The first-order valence-corrected chi connectivity index (χ1v) is 8.66. The number of furan rings is 1. The summed E-state index contributed by atoms with van der Waals surface area (Å²) in [5, 5.41) is 1.11. The number of fused-ring (bicyclic) bond motifs is 1. The molecular formula is C21H26ClNO2. The van der Waals surface area contributed by atoms with Crippen LogP contribution < -0.4 is 4.74 Å². The van der Waals surface area contributed by atoms with Crippen LogP contribution in [-0.4, -0.2) is 31.1 Å². The summed E-state index contributed by atoms with van der Waals surface area (Å²) in [6.45, 7) is 10.1. The second-order valence-corrected chi connectivity index (χ2v) is 5.93. The average molecular weight is 360 g/mol. The molecule has 0 atom stereocenters. The number of aryl methyl sites for hydroxylation is 1. The van der Waals surface area contributed by atoms with E-state index in [0.29, 0.717) is 6.61 Å². The lowest BCUT2D eigenvalue weighted by molar-refractivity contribution is 0.223. The van der Waals surface area contributed by atoms with Crippen molar-refractivity contribution in [2.24, 2.45) is 0 Å². The van der Waals surface area contributed by atoms with E-state index in [1.165, 1.54) is 5.56 Å². The van der Waals surface area contributed by atoms with Gasteiger partial charge in [0, 0.05) is 17.5 Å². The first-order chi connectivity index (χ1) is 11.7. The van der Waals surface area contributed by atoms with Crippen molar-refractivity contribution >= 4 is 23.4 Å². The lowest BCUT2D eigenvalue weighted by atomic mass is 10.0. The Hall–Kier alpha value is -1.97. The van der Waals surface area contributed by atoms with Gasteiger partial charge in [0.25, 0.3) is 0 Å². The van der Waals surface area contributed by atoms with Crippen LogP contribution in [0.1, 0.15) is 19.6 Å². The zero-order valence-electron chi connectivity index (χ0n) is 15.1. The largest absolute Gasteiger partial charge is 0.492 e. The van der Waals surface area contributed by atoms with E-state index in [4.69, 9.17) is 9.15 Å². The molecule has 0 fully saturated rings. The molecule has 4 heteroatoms. The molecule has 0 N–H and O–H groups in total. The van der Waals surface area contributed by atoms with Crippen LogP contribution >= 0.6 is 12.4 Å². The predicted molar refractivity (Wildman–Crippen MR) is 107 cm³/mol. The molecule has 0 aliphatic heterocycles. The van der Waals surface area contributed by atoms with Crippen LogP contribution in [0.4, 0.5) is 0 Å². The zero-order chi connectivity index (χ0) is 16.9. The fourth-order valence-electron chi connectivity index (χ4n) is 3.08. The maximum absolute atomic E-state index is 5.97. The number of rotatable bonds is 7. The molecular weight excluding hydrogens is 334 g/mol. The van der Waals surface area contributed by atoms with Crippen LogP contribution in [0, 0.1) is 6.92 Å². The Balaban J connectivity index is 0.00000225. The zero-order valence-corrected chi connectivity index (χ0v) is 15.9. The summed E-state index contributed by atoms with van der Waals surface area (Å²) in [5.74, 6) is 1.84. The number of ether oxygens (including phenoxy) is 1. The fourth-order valence-corrected chi connectivity index (χ4v) is 3.08. The molecule has 134 valence electrons. The van der Waals surface area contributed by atoms with Crippen LogP contribution in [0.2, 0.25) is 0 Å². The summed E-state index contributed by atoms with van der Waals surface area (Å²) in [6, 6.07) is 16.5. The van der Waals surface area contributed by atoms with E-state index in [1.807, 2.05) is 25.1 Å². The molecule has 1 heterocycles. The number of nitrogens with zero attached hydrogens (tertiary/aromatic N) is 1. The highest BCUT2D eigenvalue weighted by Crippen LogP contribution is 2.36. The molecule has 0 aliphatic rings. The molecule has 2 aromatic carbocycles. The normalized spacial score (nSPS) is 10.9. The third kappa shape index (κ3) is 4.36. The first kappa shape index (κ1) is 19.4. The smallest absolute Gasteiger partial charge is 0.135 e. The number of hydrogen-bond donors (Lipinski definition) is 0. The highest BCUT2D eigenvalue weighted by atomic mass is 35.5. The Bertz CT molecular complexity index is 794. The van der Waals surface area contributed by atoms with Crippen molar-refractivity contribution in [1.29, 1.82) is 0 Å². The Labute approximate surface area is 156 Å². The van der Waals surface area contributed by atoms with Crippen molar-refractivity contribution in [3.8, 4) is 16.9 Å². The molecule has 0 spiro atoms. The van der Waals surface area contributed by atoms with E-state index in [2.05, 4.69) is 49.1 Å². The first-order valence-electron chi connectivity index (χ1n) is 8.66. The second kappa shape index (κ2) is 8.93. The van der Waals surface area contributed by atoms with Gasteiger partial charge in [-0.3, -0.25) is 0 Å². The molecule has 0 saturated carbocycles. The van der Waals surface area contributed by atoms with E-state index >= 15 is 0 Å². The Morgan fingerprint density at radius 3 is 2.40 bits per heavy atom. The van der Waals surface area contributed by atoms with Gasteiger partial charge >= 0.3 is 0 Å². The van der Waals surface area contributed by atoms with Gasteiger partial charge in [-0.2, -0.15) is 0 Å². The molecule has 3 nitrogen and oxygen atoms in total. The molecule has 1 aromatic heterocycles. The summed E-state index contributed by atoms with van der Waals surface area (Å²) in [5.41, 5.74) is 3.23. The average Bonchev–Trinajstić information content (AvgIpc) is 2.94. The minimum Gasteiger partial charge on any atom is -0.492 e. The highest BCUT2D eigenvalue weighted by Gasteiger charge is 2.13. The Morgan fingerprint density at radius 2 is 1.72 bits per heavy atom. The van der Waals surface area contributed by atoms with Crippen molar-refractivity contribution in [1.82, 2.24) is 4.90 Å². The van der Waals surface area contributed by atoms with Crippen LogP contribution in [0.15, 0.2) is 52.9 Å². The van der Waals surface area contributed by atoms with Gasteiger partial charge in [-0.15, -0.1) is 12.4 Å². The third-order valence-electron chi connectivity index (χ3n) is 4.47. The van der Waals surface area contributed by atoms with Gasteiger partial charge in [-0.25, -0.2) is 0 Å². The summed E-state index contributed by atoms with van der Waals surface area (Å²) >= 11 is 0. The summed E-state index contributed by atoms with van der Waals surface area (Å²) in [4.78, 5) is 2.36. The van der Waals surface area contributed by atoms with E-state index in [1.54, 1.807) is 0 Å². The number of halogens is 1. The van der Waals surface area contributed by atoms with Gasteiger partial charge in [0.2, 0.25) is 0 Å². The van der Waals surface area contributed by atoms with E-state index in [9.17, 15) is 0 Å². The van der Waals surface area contributed by atoms with Crippen molar-refractivity contribution in [3.05, 3.63) is 54.3 Å². The van der Waals surface area contributed by atoms with Gasteiger partial charge in [0.15, 0.2) is 0 Å². The maximum atomic E-state index is 5.97. The molecule has 0 unspecified atom stereocenters. The minimum atomic E-state index is 0. The van der Waals surface area contributed by atoms with E-state index in [0.717, 1.165) is 47.7 Å². The molecule has 25 heavy (non-hydrogen) atoms. The monoisotopic (exact) mass is 359 g/mol. The molecule has 0 aliphatic carbocycles. The van der Waals surface area contributed by atoms with Gasteiger partial charge < -0.3 is 14.1 Å². The maximum Gasteiger partial charge on any atom is 0.135 e. The van der Waals surface area contributed by atoms with Crippen molar-refractivity contribution in [2.75, 3.05) is 26.2 Å². The van der Waals surface area contributed by atoms with Gasteiger partial charge in [0.05, 0.1) is 0 Å². The van der Waals surface area contributed by atoms with Crippen LogP contribution in [0.3, 0.4) is 0 Å². The molecule has 0 bridgehead atoms. The second-order valence-electron chi connectivity index (χ2n) is 5.93.